The van der Waals surface area contributed by atoms with Crippen LogP contribution in [0, 0.1) is 42.8 Å². The monoisotopic (exact) mass is 1570 g/mol. The van der Waals surface area contributed by atoms with Gasteiger partial charge in [-0.25, -0.2) is 0 Å². The van der Waals surface area contributed by atoms with Gasteiger partial charge in [0.05, 0.1) is 26.2 Å². The molecule has 6 atom stereocenters. The normalized spacial score (nSPS) is 18.0. The number of aliphatic carboxylic acids is 3. The van der Waals surface area contributed by atoms with Crippen molar-refractivity contribution < 1.29 is 110 Å². The number of likely N-dealkylation sites (N-methyl/N-ethyl adjacent to an activating group) is 4. The molecule has 8 amide bonds. The molecule has 5 rings (SSSR count). The van der Waals surface area contributed by atoms with Gasteiger partial charge in [0.1, 0.15) is 42.0 Å². The summed E-state index contributed by atoms with van der Waals surface area (Å²) in [5.74, 6) is -8.03. The number of aromatic hydroxyl groups is 1. The van der Waals surface area contributed by atoms with Gasteiger partial charge in [-0.2, -0.15) is 0 Å². The summed E-state index contributed by atoms with van der Waals surface area (Å²) >= 11 is 0. The summed E-state index contributed by atoms with van der Waals surface area (Å²) in [5.41, 5.74) is 8.52. The molecule has 1 radical (unpaired) electrons. The van der Waals surface area contributed by atoms with Crippen LogP contribution in [0.4, 0.5) is 0 Å². The Morgan fingerprint density at radius 2 is 1.08 bits per heavy atom. The molecule has 14 N–H and O–H groups in total. The number of hydrogen-bond acceptors (Lipinski definition) is 17. The second-order valence-corrected chi connectivity index (χ2v) is 25.7. The van der Waals surface area contributed by atoms with Crippen LogP contribution < -0.4 is 43.0 Å². The van der Waals surface area contributed by atoms with Gasteiger partial charge in [0.2, 0.25) is 47.3 Å². The number of rotatable bonds is 38. The minimum Gasteiger partial charge on any atom is -0.508 e. The fourth-order valence-electron chi connectivity index (χ4n) is 11.3. The van der Waals surface area contributed by atoms with Crippen LogP contribution in [0.25, 0.3) is 10.9 Å². The number of carbonyl (C=O) groups excluding carboxylic acids is 8. The third-order valence-electron chi connectivity index (χ3n) is 17.3. The van der Waals surface area contributed by atoms with Gasteiger partial charge in [0.15, 0.2) is 0 Å². The molecular weight excluding hydrogens is 1460 g/mol. The van der Waals surface area contributed by atoms with Crippen molar-refractivity contribution in [3.8, 4) is 5.75 Å². The topological polar surface area (TPSA) is 411 Å². The number of amides is 8. The van der Waals surface area contributed by atoms with Crippen LogP contribution in [0.5, 0.6) is 5.75 Å². The summed E-state index contributed by atoms with van der Waals surface area (Å²) in [4.78, 5) is 159. The van der Waals surface area contributed by atoms with Crippen LogP contribution >= 0.6 is 0 Å². The van der Waals surface area contributed by atoms with Crippen molar-refractivity contribution >= 4 is 76.1 Å². The Hall–Kier alpha value is -7.80. The first-order chi connectivity index (χ1) is 47.7. The van der Waals surface area contributed by atoms with E-state index in [1.807, 2.05) is 43.0 Å². The summed E-state index contributed by atoms with van der Waals surface area (Å²) in [6.45, 7) is 11.2. The predicted molar refractivity (Wildman–Crippen MR) is 378 cm³/mol. The third kappa shape index (κ3) is 33.3. The van der Waals surface area contributed by atoms with Crippen LogP contribution in [0.3, 0.4) is 0 Å². The number of carboxylic acid groups (broad SMARTS) is 3. The Morgan fingerprint density at radius 1 is 0.545 bits per heavy atom. The van der Waals surface area contributed by atoms with E-state index >= 15 is 9.59 Å². The minimum atomic E-state index is -1.39. The van der Waals surface area contributed by atoms with Crippen molar-refractivity contribution in [2.45, 2.75) is 147 Å². The molecule has 1 aromatic heterocycles. The molecule has 0 saturated carbocycles. The number of unbranched alkanes of at least 4 members (excludes halogenated alkanes) is 4. The first-order valence-corrected chi connectivity index (χ1v) is 34.6. The van der Waals surface area contributed by atoms with E-state index in [4.69, 9.17) is 15.9 Å². The van der Waals surface area contributed by atoms with Gasteiger partial charge in [0.25, 0.3) is 0 Å². The maximum absolute atomic E-state index is 15.1. The number of nitrogens with two attached hydrogens (primary N) is 1. The van der Waals surface area contributed by atoms with E-state index < -0.39 is 95.5 Å². The SMILES string of the molecule is CCN(C)CC(=O)O.CCN(CCN(CCN(C)CC(=O)O)CC(=O)O)CC(=O)NCCCCCCNC(=O)CCC[C@H]1C(=O)N[C@@H](Cc2ccc(O)cc2)C(=O)N[C@H](Cc2c[nH]c3ccccc23)C(=O)N[C@@H](CCCCN)C(=O)N[C@@H](C(C)C)C(=O)N[C@@H](Cc2ccccc2)C(=O)N1C.[Lu]. The summed E-state index contributed by atoms with van der Waals surface area (Å²) in [7, 11) is 4.84. The summed E-state index contributed by atoms with van der Waals surface area (Å²) in [6.07, 6.45) is 5.46. The van der Waals surface area contributed by atoms with Crippen LogP contribution in [-0.2, 0) is 72.0 Å². The van der Waals surface area contributed by atoms with E-state index in [1.165, 1.54) is 24.1 Å². The number of aromatic amines is 1. The van der Waals surface area contributed by atoms with Gasteiger partial charge in [-0.15, -0.1) is 0 Å². The molecule has 0 unspecified atom stereocenters. The molecule has 1 aliphatic rings. The molecule has 4 aromatic rings. The van der Waals surface area contributed by atoms with E-state index in [1.54, 1.807) is 91.3 Å². The average Bonchev–Trinajstić information content (AvgIpc) is 1.80. The molecule has 0 bridgehead atoms. The number of aromatic nitrogens is 1. The van der Waals surface area contributed by atoms with E-state index in [0.717, 1.165) is 30.3 Å². The van der Waals surface area contributed by atoms with Gasteiger partial charge in [-0.3, -0.25) is 72.3 Å². The summed E-state index contributed by atoms with van der Waals surface area (Å²) < 4.78 is 0. The van der Waals surface area contributed by atoms with Crippen molar-refractivity contribution in [2.75, 3.05) is 106 Å². The molecule has 30 heteroatoms. The minimum absolute atomic E-state index is 0. The Morgan fingerprint density at radius 3 is 1.68 bits per heavy atom. The molecule has 1 saturated heterocycles. The largest absolute Gasteiger partial charge is 0.508 e. The van der Waals surface area contributed by atoms with Crippen LogP contribution in [0.2, 0.25) is 0 Å². The number of fused-ring (bicyclic) bond motifs is 1. The predicted octanol–water partition coefficient (Wildman–Crippen LogP) is 1.66. The van der Waals surface area contributed by atoms with Crippen molar-refractivity contribution in [3.63, 3.8) is 0 Å². The van der Waals surface area contributed by atoms with Crippen LogP contribution in [-0.4, -0.2) is 258 Å². The van der Waals surface area contributed by atoms with Crippen molar-refractivity contribution in [1.29, 1.82) is 0 Å². The molecule has 1 fully saturated rings. The zero-order valence-electron chi connectivity index (χ0n) is 59.4. The van der Waals surface area contributed by atoms with Gasteiger partial charge in [-0.1, -0.05) is 101 Å². The number of hydrogen-bond donors (Lipinski definition) is 13. The van der Waals surface area contributed by atoms with Gasteiger partial charge in [-0.05, 0) is 119 Å². The summed E-state index contributed by atoms with van der Waals surface area (Å²) in [5, 5.41) is 57.9. The first-order valence-electron chi connectivity index (χ1n) is 34.6. The first kappa shape index (κ1) is 87.4. The maximum atomic E-state index is 15.1. The van der Waals surface area contributed by atoms with Crippen molar-refractivity contribution in [1.82, 2.24) is 66.7 Å². The van der Waals surface area contributed by atoms with Gasteiger partial charge >= 0.3 is 17.9 Å². The molecule has 567 valence electrons. The van der Waals surface area contributed by atoms with Crippen LogP contribution in [0.15, 0.2) is 85.1 Å². The molecule has 2 heterocycles. The maximum Gasteiger partial charge on any atom is 0.317 e. The molecule has 101 heavy (non-hydrogen) atoms. The standard InChI is InChI=1S/C66H97N13O13.C5H11NO2.Lu/c1-6-78(35-36-79(43-59(85)86)34-33-76(4)42-58(83)84)41-57(82)69-32-17-8-7-16-31-68-56(81)25-18-24-55-64(90)73-52(37-46-26-28-48(80)29-27-46)62(88)72-53(39-47-40-70-50-22-13-12-21-49(47)50)63(89)71-51(23-14-15-30-67)61(87)75-60(44(2)3)65(91)74-54(66(92)77(55)5)38-45-19-10-9-11-20-45;1-3-6(2)4-5(7)8;/h9-13,19-22,26-29,40,44,51-55,60,70,80H,6-8,14-18,23-25,30-39,41-43,67H2,1-5H3,(H,68,81)(H,69,82)(H,71,89)(H,72,88)(H,73,90)(H,74,91)(H,75,87)(H,83,84)(H,85,86);3-4H2,1-2H3,(H,7,8);/t51-,52-,53+,54-,55-,60-;;/m0../s1. The number of phenols is 1. The molecule has 29 nitrogen and oxygen atoms in total. The molecule has 0 aliphatic carbocycles. The van der Waals surface area contributed by atoms with Crippen molar-refractivity contribution in [3.05, 3.63) is 102 Å². The van der Waals surface area contributed by atoms with Crippen molar-refractivity contribution in [2.24, 2.45) is 11.7 Å². The number of H-pyrrole nitrogens is 1. The summed E-state index contributed by atoms with van der Waals surface area (Å²) in [6, 6.07) is 14.7. The number of phenolic OH excluding ortho intramolecular Hbond substituents is 1. The molecule has 3 aromatic carbocycles. The number of benzene rings is 3. The Kier molecular flexibility index (Phi) is 41.0. The van der Waals surface area contributed by atoms with Crippen LogP contribution in [0.1, 0.15) is 109 Å². The van der Waals surface area contributed by atoms with E-state index in [0.29, 0.717) is 94.7 Å². The second kappa shape index (κ2) is 47.4. The van der Waals surface area contributed by atoms with E-state index in [2.05, 4.69) is 42.2 Å². The zero-order chi connectivity index (χ0) is 73.7. The average molecular weight is 1570 g/mol. The second-order valence-electron chi connectivity index (χ2n) is 25.7. The third-order valence-corrected chi connectivity index (χ3v) is 17.3. The number of para-hydroxylation sites is 1. The quantitative estimate of drug-likeness (QED) is 0.0284. The number of nitrogens with one attached hydrogen (secondary N) is 8. The fraction of sp³-hybridized carbons (Fsp3) is 0.563. The molecule has 1 aliphatic heterocycles. The zero-order valence-corrected chi connectivity index (χ0v) is 61.0. The number of carbonyl (C=O) groups is 11. The molecule has 0 spiro atoms. The van der Waals surface area contributed by atoms with Gasteiger partial charge < -0.3 is 73.3 Å². The smallest absolute Gasteiger partial charge is 0.317 e. The Balaban J connectivity index is 0.00000277. The van der Waals surface area contributed by atoms with Gasteiger partial charge in [0, 0.05) is 126 Å². The Bertz CT molecular complexity index is 3250. The van der Waals surface area contributed by atoms with E-state index in [-0.39, 0.29) is 126 Å². The number of carboxylic acids is 3. The number of nitrogens with zero attached hydrogens (tertiary/aromatic N) is 5. The van der Waals surface area contributed by atoms with E-state index in [9.17, 15) is 53.4 Å². The fourth-order valence-corrected chi connectivity index (χ4v) is 11.3. The Labute approximate surface area is 621 Å². The molecular formula is C71H108LuN14O15.